The van der Waals surface area contributed by atoms with Gasteiger partial charge in [0.1, 0.15) is 0 Å². The van der Waals surface area contributed by atoms with Gasteiger partial charge < -0.3 is 0 Å². The SMILES string of the molecule is C=Nc1[nH]ncc1Br. The van der Waals surface area contributed by atoms with Gasteiger partial charge in [-0.15, -0.1) is 0 Å². The predicted octanol–water partition coefficient (Wildman–Crippen LogP) is 1.50. The Morgan fingerprint density at radius 1 is 1.88 bits per heavy atom. The van der Waals surface area contributed by atoms with Gasteiger partial charge in [-0.1, -0.05) is 0 Å². The molecule has 0 spiro atoms. The summed E-state index contributed by atoms with van der Waals surface area (Å²) in [4.78, 5) is 3.62. The summed E-state index contributed by atoms with van der Waals surface area (Å²) in [5.41, 5.74) is 0. The second-order valence-electron chi connectivity index (χ2n) is 1.22. The first-order chi connectivity index (χ1) is 3.84. The van der Waals surface area contributed by atoms with Crippen molar-refractivity contribution in [2.45, 2.75) is 0 Å². The van der Waals surface area contributed by atoms with Gasteiger partial charge in [0.2, 0.25) is 0 Å². The fourth-order valence-electron chi connectivity index (χ4n) is 0.376. The monoisotopic (exact) mass is 173 g/mol. The molecular weight excluding hydrogens is 170 g/mol. The fourth-order valence-corrected chi connectivity index (χ4v) is 0.692. The van der Waals surface area contributed by atoms with Gasteiger partial charge >= 0.3 is 0 Å². The number of aromatic amines is 1. The van der Waals surface area contributed by atoms with Crippen LogP contribution in [0, 0.1) is 0 Å². The van der Waals surface area contributed by atoms with E-state index in [9.17, 15) is 0 Å². The number of nitrogens with one attached hydrogen (secondary N) is 1. The highest BCUT2D eigenvalue weighted by molar-refractivity contribution is 9.10. The minimum absolute atomic E-state index is 0.671. The van der Waals surface area contributed by atoms with E-state index in [-0.39, 0.29) is 0 Å². The minimum Gasteiger partial charge on any atom is -0.260 e. The highest BCUT2D eigenvalue weighted by atomic mass is 79.9. The number of hydrogen-bond acceptors (Lipinski definition) is 2. The van der Waals surface area contributed by atoms with Gasteiger partial charge in [0.05, 0.1) is 10.7 Å². The van der Waals surface area contributed by atoms with Gasteiger partial charge in [0.15, 0.2) is 5.82 Å². The Labute approximate surface area is 55.0 Å². The molecule has 42 valence electrons. The third-order valence-corrected chi connectivity index (χ3v) is 1.31. The molecule has 0 fully saturated rings. The maximum Gasteiger partial charge on any atom is 0.161 e. The van der Waals surface area contributed by atoms with Crippen LogP contribution in [0.25, 0.3) is 0 Å². The molecule has 4 heteroatoms. The largest absolute Gasteiger partial charge is 0.260 e. The zero-order valence-corrected chi connectivity index (χ0v) is 5.64. The van der Waals surface area contributed by atoms with Crippen LogP contribution in [0.4, 0.5) is 5.82 Å². The lowest BCUT2D eigenvalue weighted by Crippen LogP contribution is -1.61. The van der Waals surface area contributed by atoms with Crippen molar-refractivity contribution in [2.75, 3.05) is 0 Å². The maximum absolute atomic E-state index is 3.69. The van der Waals surface area contributed by atoms with E-state index in [1.165, 1.54) is 0 Å². The van der Waals surface area contributed by atoms with Crippen LogP contribution >= 0.6 is 15.9 Å². The smallest absolute Gasteiger partial charge is 0.161 e. The van der Waals surface area contributed by atoms with Crippen molar-refractivity contribution in [2.24, 2.45) is 4.99 Å². The number of hydrogen-bond donors (Lipinski definition) is 1. The Morgan fingerprint density at radius 2 is 2.62 bits per heavy atom. The van der Waals surface area contributed by atoms with Gasteiger partial charge in [-0.05, 0) is 22.6 Å². The molecule has 1 aromatic rings. The molecule has 0 radical (unpaired) electrons. The average molecular weight is 174 g/mol. The van der Waals surface area contributed by atoms with Crippen molar-refractivity contribution in [3.63, 3.8) is 0 Å². The summed E-state index contributed by atoms with van der Waals surface area (Å²) in [6, 6.07) is 0. The second-order valence-corrected chi connectivity index (χ2v) is 2.08. The van der Waals surface area contributed by atoms with E-state index in [4.69, 9.17) is 0 Å². The molecule has 1 aromatic heterocycles. The summed E-state index contributed by atoms with van der Waals surface area (Å²) in [5.74, 6) is 0.671. The highest BCUT2D eigenvalue weighted by Crippen LogP contribution is 2.19. The fraction of sp³-hybridized carbons (Fsp3) is 0. The molecular formula is C4H4BrN3. The first kappa shape index (κ1) is 5.50. The molecule has 0 saturated carbocycles. The molecule has 1 rings (SSSR count). The van der Waals surface area contributed by atoms with Crippen LogP contribution in [0.3, 0.4) is 0 Å². The topological polar surface area (TPSA) is 41.0 Å². The number of nitrogens with zero attached hydrogens (tertiary/aromatic N) is 2. The van der Waals surface area contributed by atoms with Crippen molar-refractivity contribution >= 4 is 28.5 Å². The molecule has 0 aliphatic heterocycles. The van der Waals surface area contributed by atoms with E-state index in [1.54, 1.807) is 6.20 Å². The zero-order valence-electron chi connectivity index (χ0n) is 4.06. The van der Waals surface area contributed by atoms with Crippen LogP contribution < -0.4 is 0 Å². The van der Waals surface area contributed by atoms with E-state index >= 15 is 0 Å². The lowest BCUT2D eigenvalue weighted by molar-refractivity contribution is 1.08. The number of aromatic nitrogens is 2. The Kier molecular flexibility index (Phi) is 1.43. The van der Waals surface area contributed by atoms with Crippen molar-refractivity contribution < 1.29 is 0 Å². The lowest BCUT2D eigenvalue weighted by atomic mass is 10.7. The molecule has 8 heavy (non-hydrogen) atoms. The van der Waals surface area contributed by atoms with Crippen molar-refractivity contribution in [1.29, 1.82) is 0 Å². The number of H-pyrrole nitrogens is 1. The predicted molar refractivity (Wildman–Crippen MR) is 35.5 cm³/mol. The Balaban J connectivity index is 3.09. The Hall–Kier alpha value is -0.640. The first-order valence-corrected chi connectivity index (χ1v) is 2.79. The summed E-state index contributed by atoms with van der Waals surface area (Å²) in [6.07, 6.45) is 1.63. The van der Waals surface area contributed by atoms with Gasteiger partial charge in [-0.3, -0.25) is 5.10 Å². The van der Waals surface area contributed by atoms with E-state index in [2.05, 4.69) is 37.8 Å². The normalized spacial score (nSPS) is 9.12. The molecule has 0 unspecified atom stereocenters. The molecule has 0 atom stereocenters. The van der Waals surface area contributed by atoms with Gasteiger partial charge in [0.25, 0.3) is 0 Å². The van der Waals surface area contributed by atoms with Crippen LogP contribution in [0.1, 0.15) is 0 Å². The van der Waals surface area contributed by atoms with Crippen molar-refractivity contribution in [3.8, 4) is 0 Å². The van der Waals surface area contributed by atoms with E-state index in [1.807, 2.05) is 0 Å². The maximum atomic E-state index is 3.69. The highest BCUT2D eigenvalue weighted by Gasteiger charge is 1.94. The van der Waals surface area contributed by atoms with E-state index < -0.39 is 0 Å². The minimum atomic E-state index is 0.671. The third-order valence-electron chi connectivity index (χ3n) is 0.733. The van der Waals surface area contributed by atoms with Crippen molar-refractivity contribution in [3.05, 3.63) is 10.7 Å². The summed E-state index contributed by atoms with van der Waals surface area (Å²) in [6.45, 7) is 3.31. The summed E-state index contributed by atoms with van der Waals surface area (Å²) in [5, 5.41) is 6.32. The molecule has 0 aromatic carbocycles. The van der Waals surface area contributed by atoms with E-state index in [0.29, 0.717) is 5.82 Å². The van der Waals surface area contributed by atoms with Crippen LogP contribution in [-0.2, 0) is 0 Å². The molecule has 0 aliphatic carbocycles. The summed E-state index contributed by atoms with van der Waals surface area (Å²) >= 11 is 3.20. The van der Waals surface area contributed by atoms with E-state index in [0.717, 1.165) is 4.47 Å². The number of halogens is 1. The van der Waals surface area contributed by atoms with Crippen LogP contribution in [0.15, 0.2) is 15.7 Å². The lowest BCUT2D eigenvalue weighted by Gasteiger charge is -1.79. The molecule has 0 amide bonds. The zero-order chi connectivity index (χ0) is 5.98. The summed E-state index contributed by atoms with van der Waals surface area (Å²) in [7, 11) is 0. The van der Waals surface area contributed by atoms with Crippen LogP contribution in [0.5, 0.6) is 0 Å². The third kappa shape index (κ3) is 0.790. The molecule has 0 saturated heterocycles. The molecule has 0 aliphatic rings. The quantitative estimate of drug-likeness (QED) is 0.644. The molecule has 1 heterocycles. The molecule has 0 bridgehead atoms. The molecule has 1 N–H and O–H groups in total. The Morgan fingerprint density at radius 3 is 2.88 bits per heavy atom. The van der Waals surface area contributed by atoms with Gasteiger partial charge in [-0.25, -0.2) is 4.99 Å². The number of aliphatic imine (C=N–C) groups is 1. The van der Waals surface area contributed by atoms with Crippen LogP contribution in [0.2, 0.25) is 0 Å². The average Bonchev–Trinajstić information content (AvgIpc) is 2.14. The standard InChI is InChI=1S/C4H4BrN3/c1-6-4-3(5)2-7-8-4/h2H,1H2,(H,7,8). The molecule has 3 nitrogen and oxygen atoms in total. The van der Waals surface area contributed by atoms with Gasteiger partial charge in [-0.2, -0.15) is 5.10 Å². The summed E-state index contributed by atoms with van der Waals surface area (Å²) < 4.78 is 0.840. The second kappa shape index (κ2) is 2.09. The van der Waals surface area contributed by atoms with Crippen LogP contribution in [-0.4, -0.2) is 16.9 Å². The Bertz CT molecular complexity index is 193. The first-order valence-electron chi connectivity index (χ1n) is 2.00. The van der Waals surface area contributed by atoms with Gasteiger partial charge in [0, 0.05) is 0 Å². The van der Waals surface area contributed by atoms with Crippen molar-refractivity contribution in [1.82, 2.24) is 10.2 Å². The number of rotatable bonds is 1.